The summed E-state index contributed by atoms with van der Waals surface area (Å²) in [5, 5.41) is 9.13. The topological polar surface area (TPSA) is 181 Å². The van der Waals surface area contributed by atoms with E-state index < -0.39 is 53.8 Å². The maximum Gasteiger partial charge on any atom is 0.511 e. The van der Waals surface area contributed by atoms with Gasteiger partial charge in [0.25, 0.3) is 5.91 Å². The predicted molar refractivity (Wildman–Crippen MR) is 132 cm³/mol. The normalized spacial score (nSPS) is 21.8. The summed E-state index contributed by atoms with van der Waals surface area (Å²) in [6.45, 7) is 4.67. The number of β-lactam (4-membered cyclic amide) rings is 1. The van der Waals surface area contributed by atoms with Gasteiger partial charge in [-0.1, -0.05) is 5.16 Å². The number of hydrogen-bond acceptors (Lipinski definition) is 14. The molecule has 2 aliphatic heterocycles. The second-order valence-corrected chi connectivity index (χ2v) is 9.86. The van der Waals surface area contributed by atoms with Gasteiger partial charge in [-0.15, -0.1) is 23.1 Å². The molecular formula is C21H27N5O9S2. The van der Waals surface area contributed by atoms with Crippen molar-refractivity contribution in [2.45, 2.75) is 50.6 Å². The number of oxime groups is 1. The van der Waals surface area contributed by atoms with Crippen LogP contribution in [0.2, 0.25) is 0 Å². The number of esters is 1. The van der Waals surface area contributed by atoms with Gasteiger partial charge in [-0.3, -0.25) is 9.59 Å². The van der Waals surface area contributed by atoms with Crippen LogP contribution in [-0.2, 0) is 38.2 Å². The van der Waals surface area contributed by atoms with Crippen LogP contribution in [0.1, 0.15) is 26.5 Å². The summed E-state index contributed by atoms with van der Waals surface area (Å²) in [6.07, 6.45) is -2.70. The molecular weight excluding hydrogens is 530 g/mol. The molecule has 0 aliphatic carbocycles. The molecule has 0 radical (unpaired) electrons. The molecule has 0 saturated carbocycles. The Morgan fingerprint density at radius 2 is 1.95 bits per heavy atom. The standard InChI is InChI=1S/C21H27N5O9S2/c1-9(2)33-21(30)35-10(3)34-19(29)15-11(6-31-4)7-36-18-14(17(28)26(15)18)24-16(27)13(25-32-5)12-8-37-20(22)23-12/h7-10,14-15,18H,6H2,1-5H3,(H2,22,23)(H,24,27)/b25-13+/t10-,14-,15?,18-/m1/s1. The third-order valence-electron chi connectivity index (χ3n) is 4.93. The molecule has 2 amide bonds. The summed E-state index contributed by atoms with van der Waals surface area (Å²) in [5.41, 5.74) is 6.14. The fourth-order valence-corrected chi connectivity index (χ4v) is 5.25. The molecule has 14 nitrogen and oxygen atoms in total. The zero-order valence-electron chi connectivity index (χ0n) is 20.7. The Morgan fingerprint density at radius 3 is 2.54 bits per heavy atom. The molecule has 0 spiro atoms. The van der Waals surface area contributed by atoms with Crippen molar-refractivity contribution in [3.8, 4) is 0 Å². The lowest BCUT2D eigenvalue weighted by molar-refractivity contribution is -0.179. The Bertz CT molecular complexity index is 1110. The van der Waals surface area contributed by atoms with Crippen LogP contribution in [0.15, 0.2) is 21.5 Å². The van der Waals surface area contributed by atoms with Gasteiger partial charge in [0.15, 0.2) is 16.9 Å². The van der Waals surface area contributed by atoms with E-state index in [1.54, 1.807) is 19.3 Å². The quantitative estimate of drug-likeness (QED) is 0.136. The van der Waals surface area contributed by atoms with Crippen molar-refractivity contribution in [1.82, 2.24) is 15.2 Å². The molecule has 202 valence electrons. The summed E-state index contributed by atoms with van der Waals surface area (Å²) in [5.74, 6) is -2.07. The van der Waals surface area contributed by atoms with Gasteiger partial charge in [0, 0.05) is 19.4 Å². The van der Waals surface area contributed by atoms with Crippen LogP contribution in [0, 0.1) is 0 Å². The highest BCUT2D eigenvalue weighted by Gasteiger charge is 2.56. The smallest absolute Gasteiger partial charge is 0.431 e. The van der Waals surface area contributed by atoms with E-state index in [2.05, 4.69) is 15.5 Å². The Hall–Kier alpha value is -3.37. The molecule has 1 aromatic rings. The number of fused-ring (bicyclic) bond motifs is 1. The maximum absolute atomic E-state index is 13.1. The second-order valence-electron chi connectivity index (χ2n) is 7.98. The number of thioether (sulfide) groups is 1. The SMILES string of the molecule is COCC1=CS[C@@H]2[C@H](NC(=O)/C(=N/OC)c3csc(N)n3)C(=O)N2C1C(=O)O[C@@H](C)OC(=O)OC(C)C. The van der Waals surface area contributed by atoms with Gasteiger partial charge in [0.05, 0.1) is 12.7 Å². The lowest BCUT2D eigenvalue weighted by Gasteiger charge is -2.51. The van der Waals surface area contributed by atoms with E-state index in [4.69, 9.17) is 29.5 Å². The summed E-state index contributed by atoms with van der Waals surface area (Å²) in [7, 11) is 2.71. The van der Waals surface area contributed by atoms with Crippen LogP contribution in [0.25, 0.3) is 0 Å². The molecule has 1 fully saturated rings. The fraction of sp³-hybridized carbons (Fsp3) is 0.524. The monoisotopic (exact) mass is 557 g/mol. The summed E-state index contributed by atoms with van der Waals surface area (Å²) in [4.78, 5) is 60.8. The number of anilines is 1. The van der Waals surface area contributed by atoms with Crippen molar-refractivity contribution in [3.05, 3.63) is 22.1 Å². The molecule has 1 aromatic heterocycles. The van der Waals surface area contributed by atoms with Gasteiger partial charge in [0.1, 0.15) is 24.2 Å². The summed E-state index contributed by atoms with van der Waals surface area (Å²) >= 11 is 2.34. The first-order chi connectivity index (χ1) is 17.6. The average Bonchev–Trinajstić information content (AvgIpc) is 3.25. The first-order valence-electron chi connectivity index (χ1n) is 10.9. The van der Waals surface area contributed by atoms with Gasteiger partial charge in [0.2, 0.25) is 12.2 Å². The number of carbonyl (C=O) groups is 4. The molecule has 0 aromatic carbocycles. The molecule has 37 heavy (non-hydrogen) atoms. The van der Waals surface area contributed by atoms with Crippen LogP contribution in [-0.4, -0.2) is 90.2 Å². The molecule has 3 rings (SSSR count). The predicted octanol–water partition coefficient (Wildman–Crippen LogP) is 0.825. The number of ether oxygens (including phenoxy) is 4. The molecule has 0 bridgehead atoms. The zero-order chi connectivity index (χ0) is 27.3. The molecule has 16 heteroatoms. The number of hydrogen-bond donors (Lipinski definition) is 2. The third kappa shape index (κ3) is 6.50. The Morgan fingerprint density at radius 1 is 1.22 bits per heavy atom. The number of methoxy groups -OCH3 is 1. The first kappa shape index (κ1) is 28.2. The van der Waals surface area contributed by atoms with Gasteiger partial charge in [-0.05, 0) is 24.8 Å². The van der Waals surface area contributed by atoms with Crippen molar-refractivity contribution in [2.75, 3.05) is 26.6 Å². The van der Waals surface area contributed by atoms with Crippen molar-refractivity contribution in [3.63, 3.8) is 0 Å². The number of nitrogen functional groups attached to an aromatic ring is 1. The fourth-order valence-electron chi connectivity index (χ4n) is 3.49. The number of amides is 2. The van der Waals surface area contributed by atoms with E-state index in [9.17, 15) is 19.2 Å². The number of nitrogens with two attached hydrogens (primary N) is 1. The Balaban J connectivity index is 1.73. The minimum Gasteiger partial charge on any atom is -0.431 e. The largest absolute Gasteiger partial charge is 0.511 e. The van der Waals surface area contributed by atoms with Crippen LogP contribution in [0.4, 0.5) is 9.93 Å². The van der Waals surface area contributed by atoms with Crippen molar-refractivity contribution >= 4 is 57.9 Å². The van der Waals surface area contributed by atoms with Crippen molar-refractivity contribution < 1.29 is 43.0 Å². The van der Waals surface area contributed by atoms with E-state index in [1.165, 1.54) is 43.2 Å². The minimum absolute atomic E-state index is 0.0425. The molecule has 3 N–H and O–H groups in total. The average molecular weight is 558 g/mol. The number of thiazole rings is 1. The lowest BCUT2D eigenvalue weighted by Crippen LogP contribution is -2.74. The van der Waals surface area contributed by atoms with E-state index in [0.29, 0.717) is 5.57 Å². The number of carbonyl (C=O) groups excluding carboxylic acids is 4. The third-order valence-corrected chi connectivity index (χ3v) is 6.82. The number of aromatic nitrogens is 1. The molecule has 2 aliphatic rings. The highest BCUT2D eigenvalue weighted by molar-refractivity contribution is 8.03. The van der Waals surface area contributed by atoms with Crippen LogP contribution >= 0.6 is 23.1 Å². The van der Waals surface area contributed by atoms with Gasteiger partial charge in [-0.25, -0.2) is 14.6 Å². The number of nitrogens with zero attached hydrogens (tertiary/aromatic N) is 3. The van der Waals surface area contributed by atoms with E-state index >= 15 is 0 Å². The zero-order valence-corrected chi connectivity index (χ0v) is 22.3. The van der Waals surface area contributed by atoms with Gasteiger partial charge >= 0.3 is 12.1 Å². The molecule has 1 saturated heterocycles. The highest BCUT2D eigenvalue weighted by atomic mass is 32.2. The Labute approximate surface area is 220 Å². The number of rotatable bonds is 10. The van der Waals surface area contributed by atoms with E-state index in [0.717, 1.165) is 11.3 Å². The second kappa shape index (κ2) is 12.2. The Kier molecular flexibility index (Phi) is 9.34. The number of nitrogens with one attached hydrogen (secondary N) is 1. The van der Waals surface area contributed by atoms with Crippen LogP contribution in [0.3, 0.4) is 0 Å². The lowest BCUT2D eigenvalue weighted by atomic mass is 9.98. The summed E-state index contributed by atoms with van der Waals surface area (Å²) < 4.78 is 20.2. The summed E-state index contributed by atoms with van der Waals surface area (Å²) in [6, 6.07) is -2.12. The molecule has 4 atom stereocenters. The van der Waals surface area contributed by atoms with Gasteiger partial charge < -0.3 is 39.7 Å². The molecule has 3 heterocycles. The van der Waals surface area contributed by atoms with Crippen molar-refractivity contribution in [2.24, 2.45) is 5.16 Å². The van der Waals surface area contributed by atoms with Gasteiger partial charge in [-0.2, -0.15) is 0 Å². The maximum atomic E-state index is 13.1. The van der Waals surface area contributed by atoms with Crippen molar-refractivity contribution in [1.29, 1.82) is 0 Å². The highest BCUT2D eigenvalue weighted by Crippen LogP contribution is 2.40. The minimum atomic E-state index is -1.28. The first-order valence-corrected chi connectivity index (χ1v) is 12.8. The molecule has 1 unspecified atom stereocenters. The van der Waals surface area contributed by atoms with Crippen LogP contribution < -0.4 is 11.1 Å². The van der Waals surface area contributed by atoms with E-state index in [1.807, 2.05) is 0 Å². The van der Waals surface area contributed by atoms with Crippen LogP contribution in [0.5, 0.6) is 0 Å². The van der Waals surface area contributed by atoms with E-state index in [-0.39, 0.29) is 23.1 Å².